The molecule has 0 saturated carbocycles. The number of carbonyl (C=O) groups is 1. The van der Waals surface area contributed by atoms with E-state index in [0.717, 1.165) is 12.5 Å². The molecular weight excluding hydrogens is 257 g/mol. The number of urea groups is 1. The van der Waals surface area contributed by atoms with Crippen LogP contribution in [0.3, 0.4) is 0 Å². The molecule has 0 bridgehead atoms. The van der Waals surface area contributed by atoms with Crippen LogP contribution in [-0.4, -0.2) is 12.1 Å². The van der Waals surface area contributed by atoms with E-state index in [9.17, 15) is 9.18 Å². The fraction of sp³-hybridized carbons (Fsp3) is 0.333. The highest BCUT2D eigenvalue weighted by Gasteiger charge is 2.09. The van der Waals surface area contributed by atoms with Crippen LogP contribution in [0.15, 0.2) is 30.9 Å². The summed E-state index contributed by atoms with van der Waals surface area (Å²) in [7, 11) is 0. The number of rotatable bonds is 6. The van der Waals surface area contributed by atoms with Crippen molar-refractivity contribution >= 4 is 6.03 Å². The van der Waals surface area contributed by atoms with Crippen LogP contribution in [-0.2, 0) is 6.54 Å². The van der Waals surface area contributed by atoms with E-state index in [4.69, 9.17) is 5.26 Å². The zero-order valence-electron chi connectivity index (χ0n) is 11.4. The third kappa shape index (κ3) is 4.73. The third-order valence-electron chi connectivity index (χ3n) is 2.90. The SMILES string of the molecule is C=CCC(CC)NC(=O)NCc1ccc(C#N)cc1F. The average Bonchev–Trinajstić information content (AvgIpc) is 2.45. The Balaban J connectivity index is 2.52. The Morgan fingerprint density at radius 3 is 2.90 bits per heavy atom. The van der Waals surface area contributed by atoms with Gasteiger partial charge in [-0.2, -0.15) is 5.26 Å². The van der Waals surface area contributed by atoms with E-state index in [1.807, 2.05) is 13.0 Å². The van der Waals surface area contributed by atoms with Crippen LogP contribution in [0.5, 0.6) is 0 Å². The molecule has 0 aliphatic carbocycles. The van der Waals surface area contributed by atoms with Gasteiger partial charge in [-0.1, -0.05) is 19.1 Å². The normalized spacial score (nSPS) is 11.2. The number of hydrogen-bond donors (Lipinski definition) is 2. The summed E-state index contributed by atoms with van der Waals surface area (Å²) in [6.07, 6.45) is 3.23. The van der Waals surface area contributed by atoms with Crippen LogP contribution in [0.25, 0.3) is 0 Å². The van der Waals surface area contributed by atoms with Gasteiger partial charge in [0.15, 0.2) is 0 Å². The van der Waals surface area contributed by atoms with Crippen molar-refractivity contribution in [1.29, 1.82) is 5.26 Å². The summed E-state index contributed by atoms with van der Waals surface area (Å²) in [5.41, 5.74) is 0.601. The predicted molar refractivity (Wildman–Crippen MR) is 75.4 cm³/mol. The average molecular weight is 275 g/mol. The van der Waals surface area contributed by atoms with Gasteiger partial charge in [-0.3, -0.25) is 0 Å². The highest BCUT2D eigenvalue weighted by Crippen LogP contribution is 2.09. The molecule has 1 aromatic carbocycles. The van der Waals surface area contributed by atoms with E-state index in [1.165, 1.54) is 12.1 Å². The lowest BCUT2D eigenvalue weighted by molar-refractivity contribution is 0.236. The summed E-state index contributed by atoms with van der Waals surface area (Å²) >= 11 is 0. The standard InChI is InChI=1S/C15H18FN3O/c1-3-5-13(4-2)19-15(20)18-10-12-7-6-11(9-17)8-14(12)16/h3,6-8,13H,1,4-5,10H2,2H3,(H2,18,19,20). The number of hydrogen-bond acceptors (Lipinski definition) is 2. The number of nitrogens with zero attached hydrogens (tertiary/aromatic N) is 1. The second-order valence-corrected chi connectivity index (χ2v) is 4.37. The monoisotopic (exact) mass is 275 g/mol. The van der Waals surface area contributed by atoms with Crippen molar-refractivity contribution in [1.82, 2.24) is 10.6 Å². The molecule has 5 heteroatoms. The number of nitriles is 1. The van der Waals surface area contributed by atoms with Gasteiger partial charge in [0.05, 0.1) is 11.6 Å². The topological polar surface area (TPSA) is 64.9 Å². The molecule has 2 amide bonds. The minimum atomic E-state index is -0.498. The summed E-state index contributed by atoms with van der Waals surface area (Å²) in [5, 5.41) is 14.0. The van der Waals surface area contributed by atoms with Crippen LogP contribution in [0, 0.1) is 17.1 Å². The first-order valence-corrected chi connectivity index (χ1v) is 6.44. The van der Waals surface area contributed by atoms with Crippen molar-refractivity contribution in [2.24, 2.45) is 0 Å². The zero-order valence-corrected chi connectivity index (χ0v) is 11.4. The highest BCUT2D eigenvalue weighted by atomic mass is 19.1. The summed E-state index contributed by atoms with van der Waals surface area (Å²) in [4.78, 5) is 11.7. The van der Waals surface area contributed by atoms with Gasteiger partial charge in [-0.25, -0.2) is 9.18 Å². The molecule has 0 fully saturated rings. The molecule has 4 nitrogen and oxygen atoms in total. The summed E-state index contributed by atoms with van der Waals surface area (Å²) in [6, 6.07) is 5.71. The molecule has 0 radical (unpaired) electrons. The Kier molecular flexibility index (Phi) is 6.24. The number of benzene rings is 1. The lowest BCUT2D eigenvalue weighted by Crippen LogP contribution is -2.41. The maximum Gasteiger partial charge on any atom is 0.315 e. The van der Waals surface area contributed by atoms with Gasteiger partial charge in [-0.15, -0.1) is 6.58 Å². The Morgan fingerprint density at radius 1 is 1.60 bits per heavy atom. The van der Waals surface area contributed by atoms with E-state index >= 15 is 0 Å². The minimum Gasteiger partial charge on any atom is -0.335 e. The van der Waals surface area contributed by atoms with E-state index in [2.05, 4.69) is 17.2 Å². The molecule has 0 aromatic heterocycles. The Hall–Kier alpha value is -2.35. The van der Waals surface area contributed by atoms with Crippen LogP contribution in [0.2, 0.25) is 0 Å². The molecule has 1 unspecified atom stereocenters. The van der Waals surface area contributed by atoms with Crippen molar-refractivity contribution < 1.29 is 9.18 Å². The maximum absolute atomic E-state index is 13.6. The number of halogens is 1. The zero-order chi connectivity index (χ0) is 15.0. The van der Waals surface area contributed by atoms with Crippen molar-refractivity contribution in [3.05, 3.63) is 47.8 Å². The first kappa shape index (κ1) is 15.7. The second-order valence-electron chi connectivity index (χ2n) is 4.37. The van der Waals surface area contributed by atoms with Crippen LogP contribution in [0.4, 0.5) is 9.18 Å². The molecule has 1 atom stereocenters. The van der Waals surface area contributed by atoms with Gasteiger partial charge < -0.3 is 10.6 Å². The van der Waals surface area contributed by atoms with Crippen LogP contribution < -0.4 is 10.6 Å². The lowest BCUT2D eigenvalue weighted by Gasteiger charge is -2.15. The Labute approximate surface area is 118 Å². The van der Waals surface area contributed by atoms with Gasteiger partial charge in [0.1, 0.15) is 5.82 Å². The molecule has 1 aromatic rings. The van der Waals surface area contributed by atoms with E-state index in [0.29, 0.717) is 12.0 Å². The molecular formula is C15H18FN3O. The van der Waals surface area contributed by atoms with Gasteiger partial charge >= 0.3 is 6.03 Å². The molecule has 106 valence electrons. The third-order valence-corrected chi connectivity index (χ3v) is 2.90. The first-order chi connectivity index (χ1) is 9.60. The molecule has 20 heavy (non-hydrogen) atoms. The second kappa shape index (κ2) is 7.95. The van der Waals surface area contributed by atoms with E-state index in [-0.39, 0.29) is 24.2 Å². The minimum absolute atomic E-state index is 0.0262. The molecule has 0 aliphatic heterocycles. The van der Waals surface area contributed by atoms with Crippen molar-refractivity contribution in [2.45, 2.75) is 32.4 Å². The molecule has 0 spiro atoms. The largest absolute Gasteiger partial charge is 0.335 e. The van der Waals surface area contributed by atoms with E-state index in [1.54, 1.807) is 6.08 Å². The van der Waals surface area contributed by atoms with Gasteiger partial charge in [0.2, 0.25) is 0 Å². The van der Waals surface area contributed by atoms with Crippen LogP contribution >= 0.6 is 0 Å². The fourth-order valence-electron chi connectivity index (χ4n) is 1.70. The first-order valence-electron chi connectivity index (χ1n) is 6.44. The van der Waals surface area contributed by atoms with Crippen molar-refractivity contribution in [2.75, 3.05) is 0 Å². The summed E-state index contributed by atoms with van der Waals surface area (Å²) in [5.74, 6) is -0.498. The molecule has 0 heterocycles. The molecule has 2 N–H and O–H groups in total. The fourth-order valence-corrected chi connectivity index (χ4v) is 1.70. The summed E-state index contributed by atoms with van der Waals surface area (Å²) in [6.45, 7) is 5.67. The quantitative estimate of drug-likeness (QED) is 0.784. The maximum atomic E-state index is 13.6. The van der Waals surface area contributed by atoms with Gasteiger partial charge in [0.25, 0.3) is 0 Å². The Morgan fingerprint density at radius 2 is 2.35 bits per heavy atom. The van der Waals surface area contributed by atoms with Gasteiger partial charge in [0, 0.05) is 18.2 Å². The highest BCUT2D eigenvalue weighted by molar-refractivity contribution is 5.74. The van der Waals surface area contributed by atoms with Gasteiger partial charge in [-0.05, 0) is 25.0 Å². The predicted octanol–water partition coefficient (Wildman–Crippen LogP) is 2.85. The smallest absolute Gasteiger partial charge is 0.315 e. The number of carbonyl (C=O) groups excluding carboxylic acids is 1. The van der Waals surface area contributed by atoms with Crippen molar-refractivity contribution in [3.8, 4) is 6.07 Å². The Bertz CT molecular complexity index is 522. The van der Waals surface area contributed by atoms with E-state index < -0.39 is 5.82 Å². The lowest BCUT2D eigenvalue weighted by atomic mass is 10.1. The number of amides is 2. The molecule has 1 rings (SSSR count). The number of nitrogens with one attached hydrogen (secondary N) is 2. The van der Waals surface area contributed by atoms with Crippen LogP contribution in [0.1, 0.15) is 30.9 Å². The van der Waals surface area contributed by atoms with Crippen molar-refractivity contribution in [3.63, 3.8) is 0 Å². The molecule has 0 saturated heterocycles. The summed E-state index contributed by atoms with van der Waals surface area (Å²) < 4.78 is 13.6. The molecule has 0 aliphatic rings.